The number of hydrogen-bond acceptors (Lipinski definition) is 2. The third-order valence-electron chi connectivity index (χ3n) is 6.48. The molecule has 0 N–H and O–H groups in total. The maximum absolute atomic E-state index is 13.5. The Balaban J connectivity index is 1.58. The number of carbonyl (C=O) groups excluding carboxylic acids is 1. The van der Waals surface area contributed by atoms with Crippen molar-refractivity contribution < 1.29 is 9.53 Å². The molecule has 0 saturated carbocycles. The quantitative estimate of drug-likeness (QED) is 0.118. The fourth-order valence-corrected chi connectivity index (χ4v) is 4.50. The molecule has 0 bridgehead atoms. The van der Waals surface area contributed by atoms with E-state index in [4.69, 9.17) is 4.74 Å². The molecular formula is C34H34O2. The van der Waals surface area contributed by atoms with E-state index in [0.29, 0.717) is 12.2 Å². The van der Waals surface area contributed by atoms with Crippen LogP contribution in [0.2, 0.25) is 0 Å². The van der Waals surface area contributed by atoms with Crippen LogP contribution in [-0.2, 0) is 24.1 Å². The van der Waals surface area contributed by atoms with Gasteiger partial charge in [-0.15, -0.1) is 0 Å². The van der Waals surface area contributed by atoms with Gasteiger partial charge in [0.1, 0.15) is 5.75 Å². The van der Waals surface area contributed by atoms with Gasteiger partial charge in [-0.1, -0.05) is 115 Å². The van der Waals surface area contributed by atoms with Crippen LogP contribution in [0.5, 0.6) is 5.75 Å². The van der Waals surface area contributed by atoms with Crippen LogP contribution in [0, 0.1) is 0 Å². The van der Waals surface area contributed by atoms with Crippen molar-refractivity contribution >= 4 is 5.97 Å². The minimum atomic E-state index is -0.217. The van der Waals surface area contributed by atoms with E-state index in [2.05, 4.69) is 72.8 Å². The van der Waals surface area contributed by atoms with Crippen LogP contribution in [0.1, 0.15) is 42.4 Å². The number of hydrogen-bond donors (Lipinski definition) is 0. The summed E-state index contributed by atoms with van der Waals surface area (Å²) in [4.78, 5) is 13.5. The minimum Gasteiger partial charge on any atom is -0.423 e. The third-order valence-corrected chi connectivity index (χ3v) is 6.48. The van der Waals surface area contributed by atoms with Crippen molar-refractivity contribution in [2.45, 2.75) is 44.9 Å². The minimum absolute atomic E-state index is 0.217. The Hall–Kier alpha value is -3.91. The van der Waals surface area contributed by atoms with Crippen LogP contribution in [0.3, 0.4) is 0 Å². The Morgan fingerprint density at radius 2 is 0.917 bits per heavy atom. The summed E-state index contributed by atoms with van der Waals surface area (Å²) in [6.45, 7) is 0. The molecule has 4 aromatic rings. The second-order valence-corrected chi connectivity index (χ2v) is 9.10. The normalized spacial score (nSPS) is 10.6. The predicted octanol–water partition coefficient (Wildman–Crippen LogP) is 8.18. The molecule has 0 aromatic heterocycles. The van der Waals surface area contributed by atoms with Crippen molar-refractivity contribution in [3.63, 3.8) is 0 Å². The molecular weight excluding hydrogens is 440 g/mol. The SMILES string of the molecule is O=C(Oc1ccccc1)C(CCCc1ccccc1)=C(CCc1ccccc1)CCc1ccccc1. The summed E-state index contributed by atoms with van der Waals surface area (Å²) in [5, 5.41) is 0. The molecule has 2 heteroatoms. The number of esters is 1. The average Bonchev–Trinajstić information content (AvgIpc) is 2.94. The Kier molecular flexibility index (Phi) is 9.69. The number of para-hydroxylation sites is 1. The first-order valence-electron chi connectivity index (χ1n) is 12.9. The second kappa shape index (κ2) is 13.8. The summed E-state index contributed by atoms with van der Waals surface area (Å²) in [7, 11) is 0. The number of aryl methyl sites for hydroxylation is 3. The van der Waals surface area contributed by atoms with E-state index < -0.39 is 0 Å². The van der Waals surface area contributed by atoms with Crippen LogP contribution in [-0.4, -0.2) is 5.97 Å². The molecule has 4 aromatic carbocycles. The molecule has 0 aliphatic heterocycles. The molecule has 0 heterocycles. The predicted molar refractivity (Wildman–Crippen MR) is 148 cm³/mol. The standard InChI is InChI=1S/C34H34O2/c35-34(36-32-21-11-4-12-22-32)33(23-13-20-28-14-5-1-6-15-28)31(26-24-29-16-7-2-8-17-29)27-25-30-18-9-3-10-19-30/h1-12,14-19,21-22H,13,20,23-27H2. The van der Waals surface area contributed by atoms with Gasteiger partial charge in [-0.25, -0.2) is 4.79 Å². The van der Waals surface area contributed by atoms with Gasteiger partial charge in [0.05, 0.1) is 0 Å². The smallest absolute Gasteiger partial charge is 0.339 e. The Morgan fingerprint density at radius 1 is 0.500 bits per heavy atom. The maximum atomic E-state index is 13.5. The lowest BCUT2D eigenvalue weighted by Crippen LogP contribution is -2.15. The van der Waals surface area contributed by atoms with E-state index in [0.717, 1.165) is 44.1 Å². The first kappa shape index (κ1) is 25.2. The van der Waals surface area contributed by atoms with Crippen LogP contribution >= 0.6 is 0 Å². The Morgan fingerprint density at radius 3 is 1.39 bits per heavy atom. The van der Waals surface area contributed by atoms with Gasteiger partial charge in [0.2, 0.25) is 0 Å². The third kappa shape index (κ3) is 8.09. The number of carbonyl (C=O) groups is 1. The van der Waals surface area contributed by atoms with Crippen molar-refractivity contribution in [1.29, 1.82) is 0 Å². The van der Waals surface area contributed by atoms with Crippen molar-refractivity contribution in [2.75, 3.05) is 0 Å². The fraction of sp³-hybridized carbons (Fsp3) is 0.206. The maximum Gasteiger partial charge on any atom is 0.339 e. The molecule has 0 unspecified atom stereocenters. The van der Waals surface area contributed by atoms with Gasteiger partial charge in [-0.2, -0.15) is 0 Å². The fourth-order valence-electron chi connectivity index (χ4n) is 4.50. The first-order valence-corrected chi connectivity index (χ1v) is 12.9. The molecule has 0 saturated heterocycles. The Bertz CT molecular complexity index is 1170. The molecule has 0 amide bonds. The molecule has 4 rings (SSSR count). The van der Waals surface area contributed by atoms with Crippen LogP contribution in [0.15, 0.2) is 132 Å². The zero-order chi connectivity index (χ0) is 24.8. The summed E-state index contributed by atoms with van der Waals surface area (Å²) in [6.07, 6.45) is 6.07. The summed E-state index contributed by atoms with van der Waals surface area (Å²) in [5.74, 6) is 0.374. The van der Waals surface area contributed by atoms with Gasteiger partial charge >= 0.3 is 5.97 Å². The zero-order valence-electron chi connectivity index (χ0n) is 20.8. The molecule has 0 aliphatic rings. The molecule has 182 valence electrons. The number of benzene rings is 4. The summed E-state index contributed by atoms with van der Waals surface area (Å²) < 4.78 is 5.87. The lowest BCUT2D eigenvalue weighted by Gasteiger charge is -2.16. The molecule has 0 radical (unpaired) electrons. The van der Waals surface area contributed by atoms with Crippen molar-refractivity contribution in [3.8, 4) is 5.75 Å². The monoisotopic (exact) mass is 474 g/mol. The van der Waals surface area contributed by atoms with Crippen LogP contribution in [0.25, 0.3) is 0 Å². The average molecular weight is 475 g/mol. The lowest BCUT2D eigenvalue weighted by atomic mass is 9.91. The van der Waals surface area contributed by atoms with E-state index in [-0.39, 0.29) is 5.97 Å². The van der Waals surface area contributed by atoms with E-state index in [1.165, 1.54) is 22.3 Å². The molecule has 36 heavy (non-hydrogen) atoms. The van der Waals surface area contributed by atoms with Crippen LogP contribution in [0.4, 0.5) is 0 Å². The lowest BCUT2D eigenvalue weighted by molar-refractivity contribution is -0.130. The zero-order valence-corrected chi connectivity index (χ0v) is 20.8. The van der Waals surface area contributed by atoms with Gasteiger partial charge in [0.15, 0.2) is 0 Å². The highest BCUT2D eigenvalue weighted by atomic mass is 16.5. The second-order valence-electron chi connectivity index (χ2n) is 9.10. The number of rotatable bonds is 12. The van der Waals surface area contributed by atoms with Crippen molar-refractivity contribution in [3.05, 3.63) is 149 Å². The van der Waals surface area contributed by atoms with E-state index >= 15 is 0 Å². The first-order chi connectivity index (χ1) is 17.8. The number of allylic oxidation sites excluding steroid dienone is 1. The van der Waals surface area contributed by atoms with E-state index in [1.807, 2.05) is 48.5 Å². The highest BCUT2D eigenvalue weighted by molar-refractivity contribution is 5.91. The van der Waals surface area contributed by atoms with Gasteiger partial charge in [-0.3, -0.25) is 0 Å². The van der Waals surface area contributed by atoms with E-state index in [9.17, 15) is 4.79 Å². The topological polar surface area (TPSA) is 26.3 Å². The molecule has 0 fully saturated rings. The largest absolute Gasteiger partial charge is 0.423 e. The summed E-state index contributed by atoms with van der Waals surface area (Å²) >= 11 is 0. The van der Waals surface area contributed by atoms with Gasteiger partial charge in [0, 0.05) is 5.57 Å². The Labute approximate surface area is 215 Å². The van der Waals surface area contributed by atoms with Gasteiger partial charge in [-0.05, 0) is 73.8 Å². The molecule has 0 spiro atoms. The van der Waals surface area contributed by atoms with Crippen molar-refractivity contribution in [1.82, 2.24) is 0 Å². The highest BCUT2D eigenvalue weighted by Crippen LogP contribution is 2.25. The van der Waals surface area contributed by atoms with E-state index in [1.54, 1.807) is 0 Å². The summed E-state index contributed by atoms with van der Waals surface area (Å²) in [5.41, 5.74) is 5.91. The number of ether oxygens (including phenoxy) is 1. The molecule has 0 aliphatic carbocycles. The highest BCUT2D eigenvalue weighted by Gasteiger charge is 2.18. The molecule has 2 nitrogen and oxygen atoms in total. The van der Waals surface area contributed by atoms with Crippen molar-refractivity contribution in [2.24, 2.45) is 0 Å². The van der Waals surface area contributed by atoms with Gasteiger partial charge < -0.3 is 4.74 Å². The van der Waals surface area contributed by atoms with Crippen LogP contribution < -0.4 is 4.74 Å². The molecule has 0 atom stereocenters. The summed E-state index contributed by atoms with van der Waals surface area (Å²) in [6, 6.07) is 40.9. The van der Waals surface area contributed by atoms with Gasteiger partial charge in [0.25, 0.3) is 0 Å².